The lowest BCUT2D eigenvalue weighted by Gasteiger charge is -2.33. The molecule has 0 saturated carbocycles. The summed E-state index contributed by atoms with van der Waals surface area (Å²) in [5, 5.41) is 0. The van der Waals surface area contributed by atoms with Crippen molar-refractivity contribution in [2.24, 2.45) is 5.92 Å². The number of imide groups is 2. The average Bonchev–Trinajstić information content (AvgIpc) is 2.61. The van der Waals surface area contributed by atoms with Gasteiger partial charge in [-0.1, -0.05) is 0 Å². The molecule has 0 aromatic heterocycles. The van der Waals surface area contributed by atoms with Crippen LogP contribution in [0.4, 0.5) is 4.79 Å². The number of barbiturate groups is 1. The summed E-state index contributed by atoms with van der Waals surface area (Å²) in [6, 6.07) is 2.65. The summed E-state index contributed by atoms with van der Waals surface area (Å²) in [6.07, 6.45) is 0.0865. The Morgan fingerprint density at radius 3 is 1.75 bits per heavy atom. The van der Waals surface area contributed by atoms with Gasteiger partial charge in [-0.3, -0.25) is 19.4 Å². The van der Waals surface area contributed by atoms with Crippen LogP contribution in [0.3, 0.4) is 0 Å². The van der Waals surface area contributed by atoms with Gasteiger partial charge in [0.05, 0.1) is 21.3 Å². The molecule has 8 heteroatoms. The molecule has 1 aliphatic heterocycles. The standard InChI is InChI=1S/C16H20N2O6/c1-17-14(19)10(15(20)18(2)16(17)21)6-9-7-12(23-4)13(24-5)8-11(9)22-3/h7-8,10H,6H2,1-5H3. The van der Waals surface area contributed by atoms with E-state index in [0.717, 1.165) is 9.80 Å². The summed E-state index contributed by atoms with van der Waals surface area (Å²) in [6.45, 7) is 0. The Morgan fingerprint density at radius 2 is 1.29 bits per heavy atom. The molecule has 130 valence electrons. The zero-order chi connectivity index (χ0) is 18.0. The smallest absolute Gasteiger partial charge is 0.332 e. The minimum absolute atomic E-state index is 0.0865. The van der Waals surface area contributed by atoms with E-state index in [1.54, 1.807) is 12.1 Å². The molecule has 1 heterocycles. The van der Waals surface area contributed by atoms with E-state index in [2.05, 4.69) is 0 Å². The third-order valence-corrected chi connectivity index (χ3v) is 4.04. The predicted octanol–water partition coefficient (Wildman–Crippen LogP) is 0.921. The van der Waals surface area contributed by atoms with Crippen LogP contribution in [-0.2, 0) is 16.0 Å². The van der Waals surface area contributed by atoms with Crippen LogP contribution in [0.1, 0.15) is 5.56 Å². The van der Waals surface area contributed by atoms with Crippen LogP contribution < -0.4 is 14.2 Å². The predicted molar refractivity (Wildman–Crippen MR) is 84.2 cm³/mol. The molecular weight excluding hydrogens is 316 g/mol. The van der Waals surface area contributed by atoms with Gasteiger partial charge in [0.1, 0.15) is 11.7 Å². The van der Waals surface area contributed by atoms with Crippen molar-refractivity contribution in [3.05, 3.63) is 17.7 Å². The lowest BCUT2D eigenvalue weighted by molar-refractivity contribution is -0.147. The largest absolute Gasteiger partial charge is 0.496 e. The number of ether oxygens (including phenoxy) is 3. The third-order valence-electron chi connectivity index (χ3n) is 4.04. The normalized spacial score (nSPS) is 15.8. The van der Waals surface area contributed by atoms with Crippen molar-refractivity contribution in [2.45, 2.75) is 6.42 Å². The molecule has 4 amide bonds. The van der Waals surface area contributed by atoms with E-state index in [1.165, 1.54) is 35.4 Å². The lowest BCUT2D eigenvalue weighted by Crippen LogP contribution is -2.57. The van der Waals surface area contributed by atoms with Crippen molar-refractivity contribution < 1.29 is 28.6 Å². The zero-order valence-electron chi connectivity index (χ0n) is 14.3. The molecule has 2 rings (SSSR count). The first-order valence-corrected chi connectivity index (χ1v) is 7.23. The number of carbonyl (C=O) groups excluding carboxylic acids is 3. The maximum atomic E-state index is 12.3. The summed E-state index contributed by atoms with van der Waals surface area (Å²) in [7, 11) is 7.18. The molecule has 1 aromatic carbocycles. The molecule has 0 N–H and O–H groups in total. The quantitative estimate of drug-likeness (QED) is 0.744. The first kappa shape index (κ1) is 17.6. The Bertz CT molecular complexity index is 663. The summed E-state index contributed by atoms with van der Waals surface area (Å²) in [5.41, 5.74) is 0.609. The molecular formula is C16H20N2O6. The number of rotatable bonds is 5. The van der Waals surface area contributed by atoms with E-state index in [-0.39, 0.29) is 6.42 Å². The molecule has 24 heavy (non-hydrogen) atoms. The van der Waals surface area contributed by atoms with Crippen LogP contribution in [0.25, 0.3) is 0 Å². The van der Waals surface area contributed by atoms with Gasteiger partial charge in [0.2, 0.25) is 11.8 Å². The molecule has 0 spiro atoms. The first-order valence-electron chi connectivity index (χ1n) is 7.23. The lowest BCUT2D eigenvalue weighted by atomic mass is 9.94. The van der Waals surface area contributed by atoms with Crippen molar-refractivity contribution in [3.63, 3.8) is 0 Å². The van der Waals surface area contributed by atoms with E-state index in [1.807, 2.05) is 0 Å². The number of urea groups is 1. The number of methoxy groups -OCH3 is 3. The van der Waals surface area contributed by atoms with Crippen molar-refractivity contribution in [1.82, 2.24) is 9.80 Å². The molecule has 0 unspecified atom stereocenters. The molecule has 0 atom stereocenters. The molecule has 1 saturated heterocycles. The summed E-state index contributed by atoms with van der Waals surface area (Å²) < 4.78 is 15.8. The van der Waals surface area contributed by atoms with E-state index in [9.17, 15) is 14.4 Å². The van der Waals surface area contributed by atoms with Crippen LogP contribution in [-0.4, -0.2) is 63.1 Å². The van der Waals surface area contributed by atoms with E-state index in [0.29, 0.717) is 22.8 Å². The van der Waals surface area contributed by atoms with Gasteiger partial charge in [-0.25, -0.2) is 4.79 Å². The second-order valence-electron chi connectivity index (χ2n) is 5.35. The van der Waals surface area contributed by atoms with Crippen molar-refractivity contribution >= 4 is 17.8 Å². The van der Waals surface area contributed by atoms with E-state index in [4.69, 9.17) is 14.2 Å². The molecule has 1 aromatic rings. The summed E-state index contributed by atoms with van der Waals surface area (Å²) >= 11 is 0. The average molecular weight is 336 g/mol. The summed E-state index contributed by atoms with van der Waals surface area (Å²) in [5.74, 6) is -0.675. The molecule has 8 nitrogen and oxygen atoms in total. The number of amides is 4. The number of hydrogen-bond donors (Lipinski definition) is 0. The minimum Gasteiger partial charge on any atom is -0.496 e. The van der Waals surface area contributed by atoms with Crippen LogP contribution in [0, 0.1) is 5.92 Å². The maximum absolute atomic E-state index is 12.3. The molecule has 0 radical (unpaired) electrons. The van der Waals surface area contributed by atoms with Crippen molar-refractivity contribution in [1.29, 1.82) is 0 Å². The molecule has 1 fully saturated rings. The van der Waals surface area contributed by atoms with Crippen LogP contribution >= 0.6 is 0 Å². The van der Waals surface area contributed by atoms with Crippen molar-refractivity contribution in [2.75, 3.05) is 35.4 Å². The van der Waals surface area contributed by atoms with Gasteiger partial charge in [-0.05, 0) is 18.1 Å². The van der Waals surface area contributed by atoms with Crippen LogP contribution in [0.15, 0.2) is 12.1 Å². The Morgan fingerprint density at radius 1 is 0.833 bits per heavy atom. The Balaban J connectivity index is 2.40. The minimum atomic E-state index is -0.996. The second-order valence-corrected chi connectivity index (χ2v) is 5.35. The Kier molecular flexibility index (Phi) is 4.96. The SMILES string of the molecule is COc1cc(OC)c(OC)cc1CC1C(=O)N(C)C(=O)N(C)C1=O. The van der Waals surface area contributed by atoms with Gasteiger partial charge in [0.25, 0.3) is 0 Å². The third kappa shape index (κ3) is 2.86. The number of carbonyl (C=O) groups is 3. The maximum Gasteiger partial charge on any atom is 0.332 e. The van der Waals surface area contributed by atoms with E-state index < -0.39 is 23.8 Å². The first-order chi connectivity index (χ1) is 11.3. The van der Waals surface area contributed by atoms with Gasteiger partial charge in [-0.2, -0.15) is 0 Å². The zero-order valence-corrected chi connectivity index (χ0v) is 14.3. The highest BCUT2D eigenvalue weighted by atomic mass is 16.5. The Labute approximate surface area is 139 Å². The highest BCUT2D eigenvalue weighted by Crippen LogP contribution is 2.36. The van der Waals surface area contributed by atoms with Gasteiger partial charge in [0, 0.05) is 20.2 Å². The fourth-order valence-electron chi connectivity index (χ4n) is 2.63. The van der Waals surface area contributed by atoms with Gasteiger partial charge >= 0.3 is 6.03 Å². The molecule has 1 aliphatic rings. The number of nitrogens with zero attached hydrogens (tertiary/aromatic N) is 2. The molecule has 0 aliphatic carbocycles. The Hall–Kier alpha value is -2.77. The molecule has 0 bridgehead atoms. The highest BCUT2D eigenvalue weighted by molar-refractivity contribution is 6.15. The fourth-order valence-corrected chi connectivity index (χ4v) is 2.63. The van der Waals surface area contributed by atoms with Gasteiger partial charge in [0.15, 0.2) is 11.5 Å². The fraction of sp³-hybridized carbons (Fsp3) is 0.438. The van der Waals surface area contributed by atoms with Gasteiger partial charge < -0.3 is 14.2 Å². The monoisotopic (exact) mass is 336 g/mol. The number of benzene rings is 1. The van der Waals surface area contributed by atoms with E-state index >= 15 is 0 Å². The second kappa shape index (κ2) is 6.77. The highest BCUT2D eigenvalue weighted by Gasteiger charge is 2.42. The topological polar surface area (TPSA) is 85.4 Å². The van der Waals surface area contributed by atoms with Crippen LogP contribution in [0.5, 0.6) is 17.2 Å². The number of hydrogen-bond acceptors (Lipinski definition) is 6. The van der Waals surface area contributed by atoms with Gasteiger partial charge in [-0.15, -0.1) is 0 Å². The van der Waals surface area contributed by atoms with Crippen LogP contribution in [0.2, 0.25) is 0 Å². The van der Waals surface area contributed by atoms with Crippen molar-refractivity contribution in [3.8, 4) is 17.2 Å². The summed E-state index contributed by atoms with van der Waals surface area (Å²) in [4.78, 5) is 38.4.